The number of anilines is 1. The fourth-order valence-corrected chi connectivity index (χ4v) is 2.52. The van der Waals surface area contributed by atoms with Crippen LogP contribution in [0, 0.1) is 10.1 Å². The average molecular weight is 292 g/mol. The highest BCUT2D eigenvalue weighted by molar-refractivity contribution is 5.52. The van der Waals surface area contributed by atoms with Gasteiger partial charge in [-0.05, 0) is 35.8 Å². The molecule has 4 heteroatoms. The van der Waals surface area contributed by atoms with Crippen molar-refractivity contribution in [3.05, 3.63) is 94.2 Å². The SMILES string of the molecule is O=[N+]([O-])c1ccc(CC2=CC=CN(c3ccccc3)C2)cc1. The van der Waals surface area contributed by atoms with E-state index in [1.807, 2.05) is 36.4 Å². The van der Waals surface area contributed by atoms with Crippen molar-refractivity contribution < 1.29 is 4.92 Å². The van der Waals surface area contributed by atoms with Gasteiger partial charge < -0.3 is 4.90 Å². The van der Waals surface area contributed by atoms with Crippen LogP contribution in [0.2, 0.25) is 0 Å². The van der Waals surface area contributed by atoms with Crippen molar-refractivity contribution in [2.75, 3.05) is 11.4 Å². The first-order valence-electron chi connectivity index (χ1n) is 7.13. The molecule has 22 heavy (non-hydrogen) atoms. The maximum absolute atomic E-state index is 10.7. The molecule has 0 fully saturated rings. The molecule has 0 N–H and O–H groups in total. The van der Waals surface area contributed by atoms with E-state index in [2.05, 4.69) is 29.3 Å². The number of nitrogens with zero attached hydrogens (tertiary/aromatic N) is 2. The highest BCUT2D eigenvalue weighted by Crippen LogP contribution is 2.21. The third kappa shape index (κ3) is 3.23. The van der Waals surface area contributed by atoms with E-state index in [1.54, 1.807) is 12.1 Å². The zero-order valence-corrected chi connectivity index (χ0v) is 12.1. The minimum Gasteiger partial charge on any atom is -0.344 e. The summed E-state index contributed by atoms with van der Waals surface area (Å²) >= 11 is 0. The minimum absolute atomic E-state index is 0.132. The van der Waals surface area contributed by atoms with Crippen molar-refractivity contribution in [2.24, 2.45) is 0 Å². The minimum atomic E-state index is -0.371. The summed E-state index contributed by atoms with van der Waals surface area (Å²) in [7, 11) is 0. The Morgan fingerprint density at radius 3 is 2.45 bits per heavy atom. The quantitative estimate of drug-likeness (QED) is 0.629. The average Bonchev–Trinajstić information content (AvgIpc) is 2.56. The lowest BCUT2D eigenvalue weighted by molar-refractivity contribution is -0.384. The third-order valence-electron chi connectivity index (χ3n) is 3.64. The van der Waals surface area contributed by atoms with Crippen molar-refractivity contribution in [3.8, 4) is 0 Å². The van der Waals surface area contributed by atoms with Crippen LogP contribution in [-0.4, -0.2) is 11.5 Å². The number of para-hydroxylation sites is 1. The Hall–Kier alpha value is -2.88. The Morgan fingerprint density at radius 2 is 1.77 bits per heavy atom. The molecule has 2 aromatic carbocycles. The Labute approximate surface area is 129 Å². The molecule has 0 saturated carbocycles. The molecule has 0 aromatic heterocycles. The summed E-state index contributed by atoms with van der Waals surface area (Å²) in [5.74, 6) is 0. The molecule has 0 radical (unpaired) electrons. The highest BCUT2D eigenvalue weighted by atomic mass is 16.6. The van der Waals surface area contributed by atoms with Gasteiger partial charge in [0.15, 0.2) is 0 Å². The molecular formula is C18H16N2O2. The van der Waals surface area contributed by atoms with Gasteiger partial charge in [0, 0.05) is 30.6 Å². The smallest absolute Gasteiger partial charge is 0.269 e. The molecule has 0 aliphatic carbocycles. The fourth-order valence-electron chi connectivity index (χ4n) is 2.52. The topological polar surface area (TPSA) is 46.4 Å². The number of allylic oxidation sites excluding steroid dienone is 2. The van der Waals surface area contributed by atoms with Gasteiger partial charge in [-0.1, -0.05) is 36.4 Å². The van der Waals surface area contributed by atoms with Crippen LogP contribution in [-0.2, 0) is 6.42 Å². The first kappa shape index (κ1) is 14.1. The van der Waals surface area contributed by atoms with Crippen LogP contribution in [0.3, 0.4) is 0 Å². The number of hydrogen-bond acceptors (Lipinski definition) is 3. The van der Waals surface area contributed by atoms with Gasteiger partial charge in [0.1, 0.15) is 0 Å². The maximum Gasteiger partial charge on any atom is 0.269 e. The molecule has 0 atom stereocenters. The lowest BCUT2D eigenvalue weighted by atomic mass is 10.0. The molecule has 0 amide bonds. The summed E-state index contributed by atoms with van der Waals surface area (Å²) in [6.07, 6.45) is 7.01. The Morgan fingerprint density at radius 1 is 1.05 bits per heavy atom. The van der Waals surface area contributed by atoms with Gasteiger partial charge in [-0.3, -0.25) is 10.1 Å². The lowest BCUT2D eigenvalue weighted by Gasteiger charge is -2.25. The van der Waals surface area contributed by atoms with Crippen LogP contribution in [0.25, 0.3) is 0 Å². The van der Waals surface area contributed by atoms with E-state index >= 15 is 0 Å². The molecule has 0 bridgehead atoms. The number of rotatable bonds is 4. The van der Waals surface area contributed by atoms with Crippen molar-refractivity contribution in [3.63, 3.8) is 0 Å². The van der Waals surface area contributed by atoms with E-state index in [0.29, 0.717) is 0 Å². The van der Waals surface area contributed by atoms with E-state index in [9.17, 15) is 10.1 Å². The Kier molecular flexibility index (Phi) is 4.01. The second kappa shape index (κ2) is 6.26. The number of nitro groups is 1. The number of benzene rings is 2. The molecule has 110 valence electrons. The molecular weight excluding hydrogens is 276 g/mol. The predicted octanol–water partition coefficient (Wildman–Crippen LogP) is 4.10. The maximum atomic E-state index is 10.7. The number of nitro benzene ring substituents is 1. The van der Waals surface area contributed by atoms with Crippen molar-refractivity contribution >= 4 is 11.4 Å². The molecule has 1 heterocycles. The van der Waals surface area contributed by atoms with Gasteiger partial charge >= 0.3 is 0 Å². The monoisotopic (exact) mass is 292 g/mol. The van der Waals surface area contributed by atoms with Gasteiger partial charge in [0.2, 0.25) is 0 Å². The molecule has 3 rings (SSSR count). The largest absolute Gasteiger partial charge is 0.344 e. The number of non-ortho nitro benzene ring substituents is 1. The summed E-state index contributed by atoms with van der Waals surface area (Å²) in [5, 5.41) is 10.7. The first-order chi connectivity index (χ1) is 10.7. The van der Waals surface area contributed by atoms with Crippen molar-refractivity contribution in [1.82, 2.24) is 0 Å². The molecule has 2 aromatic rings. The Bertz CT molecular complexity index is 719. The van der Waals surface area contributed by atoms with Gasteiger partial charge in [-0.2, -0.15) is 0 Å². The molecule has 0 saturated heterocycles. The zero-order valence-electron chi connectivity index (χ0n) is 12.1. The summed E-state index contributed by atoms with van der Waals surface area (Å²) in [5.41, 5.74) is 3.65. The standard InChI is InChI=1S/C18H16N2O2/c21-20(22)18-10-8-15(9-11-18)13-16-5-4-12-19(14-16)17-6-2-1-3-7-17/h1-12H,13-14H2. The zero-order chi connectivity index (χ0) is 15.4. The summed E-state index contributed by atoms with van der Waals surface area (Å²) in [4.78, 5) is 12.5. The van der Waals surface area contributed by atoms with Crippen LogP contribution in [0.15, 0.2) is 78.5 Å². The highest BCUT2D eigenvalue weighted by Gasteiger charge is 2.11. The van der Waals surface area contributed by atoms with Gasteiger partial charge in [-0.15, -0.1) is 0 Å². The normalized spacial score (nSPS) is 13.8. The second-order valence-corrected chi connectivity index (χ2v) is 5.23. The molecule has 0 spiro atoms. The van der Waals surface area contributed by atoms with E-state index in [1.165, 1.54) is 5.57 Å². The fraction of sp³-hybridized carbons (Fsp3) is 0.111. The summed E-state index contributed by atoms with van der Waals surface area (Å²) in [6.45, 7) is 0.831. The van der Waals surface area contributed by atoms with E-state index in [-0.39, 0.29) is 10.6 Å². The van der Waals surface area contributed by atoms with Crippen LogP contribution < -0.4 is 4.90 Å². The molecule has 4 nitrogen and oxygen atoms in total. The van der Waals surface area contributed by atoms with Crippen molar-refractivity contribution in [2.45, 2.75) is 6.42 Å². The van der Waals surface area contributed by atoms with Gasteiger partial charge in [0.05, 0.1) is 4.92 Å². The molecule has 1 aliphatic heterocycles. The van der Waals surface area contributed by atoms with Crippen LogP contribution in [0.5, 0.6) is 0 Å². The first-order valence-corrected chi connectivity index (χ1v) is 7.13. The van der Waals surface area contributed by atoms with Gasteiger partial charge in [0.25, 0.3) is 5.69 Å². The predicted molar refractivity (Wildman–Crippen MR) is 87.8 cm³/mol. The van der Waals surface area contributed by atoms with Crippen LogP contribution in [0.1, 0.15) is 5.56 Å². The second-order valence-electron chi connectivity index (χ2n) is 5.23. The van der Waals surface area contributed by atoms with Gasteiger partial charge in [-0.25, -0.2) is 0 Å². The lowest BCUT2D eigenvalue weighted by Crippen LogP contribution is -2.22. The number of hydrogen-bond donors (Lipinski definition) is 0. The van der Waals surface area contributed by atoms with Crippen LogP contribution in [0.4, 0.5) is 11.4 Å². The van der Waals surface area contributed by atoms with E-state index in [4.69, 9.17) is 0 Å². The van der Waals surface area contributed by atoms with E-state index < -0.39 is 0 Å². The molecule has 0 unspecified atom stereocenters. The van der Waals surface area contributed by atoms with Crippen LogP contribution >= 0.6 is 0 Å². The summed E-state index contributed by atoms with van der Waals surface area (Å²) < 4.78 is 0. The van der Waals surface area contributed by atoms with E-state index in [0.717, 1.165) is 24.2 Å². The summed E-state index contributed by atoms with van der Waals surface area (Å²) in [6, 6.07) is 17.0. The third-order valence-corrected chi connectivity index (χ3v) is 3.64. The Balaban J connectivity index is 1.69. The molecule has 1 aliphatic rings. The van der Waals surface area contributed by atoms with Crippen molar-refractivity contribution in [1.29, 1.82) is 0 Å².